The molecule has 1 N–H and O–H groups in total. The zero-order chi connectivity index (χ0) is 8.65. The fourth-order valence-corrected chi connectivity index (χ4v) is 1.26. The molecule has 70 valence electrons. The van der Waals surface area contributed by atoms with Crippen LogP contribution in [0.1, 0.15) is 27.7 Å². The number of aliphatic hydroxyl groups excluding tert-OH is 1. The molecule has 0 amide bonds. The SMILES string of the molecule is OCCCCCc1ccccc1.[H-].[H-].[Mg+2]. The summed E-state index contributed by atoms with van der Waals surface area (Å²) >= 11 is 0. The summed E-state index contributed by atoms with van der Waals surface area (Å²) in [5.74, 6) is 0. The number of hydrogen-bond acceptors (Lipinski definition) is 1. The van der Waals surface area contributed by atoms with Crippen LogP contribution in [-0.4, -0.2) is 34.8 Å². The number of aryl methyl sites for hydroxylation is 1. The van der Waals surface area contributed by atoms with Gasteiger partial charge in [-0.3, -0.25) is 0 Å². The molecule has 0 spiro atoms. The minimum Gasteiger partial charge on any atom is -1.00 e. The second-order valence-electron chi connectivity index (χ2n) is 3.02. The van der Waals surface area contributed by atoms with E-state index in [1.807, 2.05) is 6.07 Å². The molecule has 0 saturated carbocycles. The molecule has 0 radical (unpaired) electrons. The second-order valence-corrected chi connectivity index (χ2v) is 3.02. The fraction of sp³-hybridized carbons (Fsp3) is 0.455. The number of benzene rings is 1. The number of aliphatic hydroxyl groups is 1. The molecule has 0 aliphatic heterocycles. The molecule has 1 aromatic rings. The summed E-state index contributed by atoms with van der Waals surface area (Å²) in [6, 6.07) is 10.5. The van der Waals surface area contributed by atoms with Gasteiger partial charge in [-0.2, -0.15) is 0 Å². The quantitative estimate of drug-likeness (QED) is 0.558. The molecule has 0 atom stereocenters. The first-order valence-electron chi connectivity index (χ1n) is 4.58. The van der Waals surface area contributed by atoms with E-state index in [0.717, 1.165) is 19.3 Å². The Bertz CT molecular complexity index is 207. The van der Waals surface area contributed by atoms with E-state index in [1.165, 1.54) is 12.0 Å². The van der Waals surface area contributed by atoms with Crippen LogP contribution in [0.25, 0.3) is 0 Å². The van der Waals surface area contributed by atoms with E-state index in [4.69, 9.17) is 5.11 Å². The van der Waals surface area contributed by atoms with E-state index < -0.39 is 0 Å². The van der Waals surface area contributed by atoms with E-state index >= 15 is 0 Å². The van der Waals surface area contributed by atoms with Crippen molar-refractivity contribution in [3.63, 3.8) is 0 Å². The predicted octanol–water partition coefficient (Wildman–Crippen LogP) is 2.24. The van der Waals surface area contributed by atoms with Gasteiger partial charge in [0.05, 0.1) is 0 Å². The summed E-state index contributed by atoms with van der Waals surface area (Å²) in [6.07, 6.45) is 4.39. The Hall–Kier alpha value is -0.0538. The Morgan fingerprint density at radius 1 is 1.00 bits per heavy atom. The van der Waals surface area contributed by atoms with Crippen molar-refractivity contribution in [2.75, 3.05) is 6.61 Å². The van der Waals surface area contributed by atoms with Gasteiger partial charge >= 0.3 is 23.1 Å². The van der Waals surface area contributed by atoms with Gasteiger partial charge in [0.2, 0.25) is 0 Å². The van der Waals surface area contributed by atoms with Crippen molar-refractivity contribution in [3.8, 4) is 0 Å². The van der Waals surface area contributed by atoms with Crippen LogP contribution in [0, 0.1) is 0 Å². The molecule has 1 nitrogen and oxygen atoms in total. The first-order chi connectivity index (χ1) is 5.93. The Kier molecular flexibility index (Phi) is 8.50. The zero-order valence-electron chi connectivity index (χ0n) is 10.1. The normalized spacial score (nSPS) is 9.31. The van der Waals surface area contributed by atoms with Crippen molar-refractivity contribution in [3.05, 3.63) is 35.9 Å². The Morgan fingerprint density at radius 3 is 2.31 bits per heavy atom. The van der Waals surface area contributed by atoms with Crippen LogP contribution in [-0.2, 0) is 6.42 Å². The molecular formula is C11H18MgO. The average molecular weight is 191 g/mol. The molecule has 0 aromatic heterocycles. The molecule has 13 heavy (non-hydrogen) atoms. The summed E-state index contributed by atoms with van der Waals surface area (Å²) in [5, 5.41) is 8.56. The van der Waals surface area contributed by atoms with Crippen molar-refractivity contribution in [2.45, 2.75) is 25.7 Å². The van der Waals surface area contributed by atoms with Crippen LogP contribution in [0.5, 0.6) is 0 Å². The molecule has 1 aromatic carbocycles. The summed E-state index contributed by atoms with van der Waals surface area (Å²) in [4.78, 5) is 0. The standard InChI is InChI=1S/C11H16O.Mg.2H/c12-10-6-2-5-9-11-7-3-1-4-8-11;;;/h1,3-4,7-8,12H,2,5-6,9-10H2;;;/q;+2;2*-1. The summed E-state index contributed by atoms with van der Waals surface area (Å²) < 4.78 is 0. The summed E-state index contributed by atoms with van der Waals surface area (Å²) in [5.41, 5.74) is 1.40. The van der Waals surface area contributed by atoms with Crippen molar-refractivity contribution in [2.24, 2.45) is 0 Å². The average Bonchev–Trinajstić information content (AvgIpc) is 2.14. The molecule has 0 aliphatic carbocycles. The van der Waals surface area contributed by atoms with Crippen LogP contribution < -0.4 is 0 Å². The molecule has 0 aliphatic rings. The zero-order valence-corrected chi connectivity index (χ0v) is 9.49. The van der Waals surface area contributed by atoms with Crippen LogP contribution in [0.3, 0.4) is 0 Å². The van der Waals surface area contributed by atoms with Crippen molar-refractivity contribution in [1.82, 2.24) is 0 Å². The maximum Gasteiger partial charge on any atom is 2.00 e. The smallest absolute Gasteiger partial charge is 1.00 e. The van der Waals surface area contributed by atoms with Crippen molar-refractivity contribution >= 4 is 23.1 Å². The predicted molar refractivity (Wildman–Crippen MR) is 59.1 cm³/mol. The number of rotatable bonds is 5. The molecule has 0 bridgehead atoms. The topological polar surface area (TPSA) is 20.2 Å². The second kappa shape index (κ2) is 8.54. The molecule has 0 fully saturated rings. The van der Waals surface area contributed by atoms with Crippen LogP contribution in [0.15, 0.2) is 30.3 Å². The van der Waals surface area contributed by atoms with Gasteiger partial charge in [0, 0.05) is 6.61 Å². The van der Waals surface area contributed by atoms with Gasteiger partial charge in [0.1, 0.15) is 0 Å². The van der Waals surface area contributed by atoms with E-state index in [2.05, 4.69) is 24.3 Å². The molecule has 0 heterocycles. The first-order valence-corrected chi connectivity index (χ1v) is 4.58. The molecular weight excluding hydrogens is 172 g/mol. The molecule has 0 unspecified atom stereocenters. The summed E-state index contributed by atoms with van der Waals surface area (Å²) in [6.45, 7) is 0.328. The van der Waals surface area contributed by atoms with Gasteiger partial charge in [-0.15, -0.1) is 0 Å². The largest absolute Gasteiger partial charge is 2.00 e. The third-order valence-corrected chi connectivity index (χ3v) is 1.97. The number of unbranched alkanes of at least 4 members (excludes halogenated alkanes) is 2. The third-order valence-electron chi connectivity index (χ3n) is 1.97. The molecule has 0 saturated heterocycles. The third kappa shape index (κ3) is 6.08. The molecule has 1 rings (SSSR count). The number of hydrogen-bond donors (Lipinski definition) is 1. The van der Waals surface area contributed by atoms with Gasteiger partial charge < -0.3 is 7.96 Å². The van der Waals surface area contributed by atoms with E-state index in [-0.39, 0.29) is 25.9 Å². The van der Waals surface area contributed by atoms with E-state index in [9.17, 15) is 0 Å². The maximum atomic E-state index is 8.56. The van der Waals surface area contributed by atoms with Crippen LogP contribution in [0.2, 0.25) is 0 Å². The van der Waals surface area contributed by atoms with Gasteiger partial charge in [-0.05, 0) is 24.8 Å². The minimum absolute atomic E-state index is 0. The Morgan fingerprint density at radius 2 is 1.69 bits per heavy atom. The van der Waals surface area contributed by atoms with Gasteiger partial charge in [0.15, 0.2) is 0 Å². The van der Waals surface area contributed by atoms with Gasteiger partial charge in [0.25, 0.3) is 0 Å². The summed E-state index contributed by atoms with van der Waals surface area (Å²) in [7, 11) is 0. The first kappa shape index (κ1) is 12.9. The van der Waals surface area contributed by atoms with E-state index in [0.29, 0.717) is 6.61 Å². The van der Waals surface area contributed by atoms with Crippen LogP contribution >= 0.6 is 0 Å². The van der Waals surface area contributed by atoms with E-state index in [1.54, 1.807) is 0 Å². The minimum atomic E-state index is 0. The van der Waals surface area contributed by atoms with Crippen molar-refractivity contribution < 1.29 is 7.96 Å². The van der Waals surface area contributed by atoms with Crippen molar-refractivity contribution in [1.29, 1.82) is 0 Å². The Labute approximate surface area is 99.3 Å². The van der Waals surface area contributed by atoms with Gasteiger partial charge in [-0.25, -0.2) is 0 Å². The van der Waals surface area contributed by atoms with Crippen LogP contribution in [0.4, 0.5) is 0 Å². The fourth-order valence-electron chi connectivity index (χ4n) is 1.26. The maximum absolute atomic E-state index is 8.56. The molecule has 2 heteroatoms. The Balaban J connectivity index is -0.000000480. The monoisotopic (exact) mass is 190 g/mol. The van der Waals surface area contributed by atoms with Gasteiger partial charge in [-0.1, -0.05) is 36.8 Å².